The normalized spacial score (nSPS) is 18.9. The van der Waals surface area contributed by atoms with E-state index in [0.717, 1.165) is 38.0 Å². The number of rotatable bonds is 4. The summed E-state index contributed by atoms with van der Waals surface area (Å²) in [5, 5.41) is 4.96. The van der Waals surface area contributed by atoms with E-state index in [4.69, 9.17) is 4.74 Å². The minimum Gasteiger partial charge on any atom is -0.477 e. The lowest BCUT2D eigenvalue weighted by atomic mass is 10.1. The van der Waals surface area contributed by atoms with E-state index >= 15 is 0 Å². The highest BCUT2D eigenvalue weighted by atomic mass is 16.5. The van der Waals surface area contributed by atoms with Gasteiger partial charge in [0.1, 0.15) is 5.75 Å². The highest BCUT2D eigenvalue weighted by Gasteiger charge is 2.34. The van der Waals surface area contributed by atoms with E-state index in [-0.39, 0.29) is 25.0 Å². The molecule has 0 saturated carbocycles. The summed E-state index contributed by atoms with van der Waals surface area (Å²) >= 11 is 0. The summed E-state index contributed by atoms with van der Waals surface area (Å²) in [4.78, 5) is 40.7. The molecule has 1 fully saturated rings. The number of carbonyl (C=O) groups excluding carboxylic acids is 3. The molecule has 152 valence electrons. The lowest BCUT2D eigenvalue weighted by molar-refractivity contribution is -0.139. The van der Waals surface area contributed by atoms with E-state index in [2.05, 4.69) is 10.6 Å². The van der Waals surface area contributed by atoms with Crippen molar-refractivity contribution in [3.05, 3.63) is 24.3 Å². The van der Waals surface area contributed by atoms with Crippen molar-refractivity contribution in [2.45, 2.75) is 45.3 Å². The predicted octanol–water partition coefficient (Wildman–Crippen LogP) is 1.50. The Hall–Kier alpha value is -2.77. The quantitative estimate of drug-likeness (QED) is 0.816. The zero-order chi connectivity index (χ0) is 20.1. The Balaban J connectivity index is 1.69. The highest BCUT2D eigenvalue weighted by molar-refractivity contribution is 5.97. The number of likely N-dealkylation sites (tertiary alicyclic amines) is 1. The monoisotopic (exact) mass is 388 g/mol. The number of piperidine rings is 1. The number of carbonyl (C=O) groups is 3. The van der Waals surface area contributed by atoms with Crippen molar-refractivity contribution in [1.29, 1.82) is 0 Å². The van der Waals surface area contributed by atoms with Crippen LogP contribution < -0.4 is 20.3 Å². The number of fused-ring (bicyclic) bond motifs is 1. The van der Waals surface area contributed by atoms with Gasteiger partial charge in [0.15, 0.2) is 6.10 Å². The number of hydrogen-bond acceptors (Lipinski definition) is 5. The molecule has 4 amide bonds. The summed E-state index contributed by atoms with van der Waals surface area (Å²) in [6.07, 6.45) is 2.49. The molecule has 0 radical (unpaired) electrons. The van der Waals surface area contributed by atoms with Crippen LogP contribution in [-0.4, -0.2) is 61.1 Å². The first kappa shape index (κ1) is 20.0. The molecule has 1 aromatic rings. The molecular weight excluding hydrogens is 360 g/mol. The van der Waals surface area contributed by atoms with Crippen molar-refractivity contribution in [2.75, 3.05) is 31.1 Å². The summed E-state index contributed by atoms with van der Waals surface area (Å²) in [6.45, 7) is 5.37. The summed E-state index contributed by atoms with van der Waals surface area (Å²) in [5.41, 5.74) is 0.740. The third-order valence-electron chi connectivity index (χ3n) is 4.81. The Kier molecular flexibility index (Phi) is 6.38. The SMILES string of the molecule is CC(C)NC(=O)NC(=O)CN1CC(C(=O)N2CCCCC2)Oc2ccccc21. The topological polar surface area (TPSA) is 91.0 Å². The van der Waals surface area contributed by atoms with E-state index in [9.17, 15) is 14.4 Å². The van der Waals surface area contributed by atoms with Gasteiger partial charge in [-0.2, -0.15) is 0 Å². The zero-order valence-corrected chi connectivity index (χ0v) is 16.4. The Morgan fingerprint density at radius 2 is 1.86 bits per heavy atom. The van der Waals surface area contributed by atoms with Crippen LogP contribution in [0.1, 0.15) is 33.1 Å². The smallest absolute Gasteiger partial charge is 0.321 e. The second-order valence-electron chi connectivity index (χ2n) is 7.52. The second-order valence-corrected chi connectivity index (χ2v) is 7.52. The molecule has 1 unspecified atom stereocenters. The number of urea groups is 1. The number of benzene rings is 1. The van der Waals surface area contributed by atoms with Crippen LogP contribution in [0.2, 0.25) is 0 Å². The number of ether oxygens (including phenoxy) is 1. The van der Waals surface area contributed by atoms with Gasteiger partial charge in [-0.15, -0.1) is 0 Å². The second kappa shape index (κ2) is 8.95. The van der Waals surface area contributed by atoms with Crippen molar-refractivity contribution in [3.8, 4) is 5.75 Å². The Morgan fingerprint density at radius 3 is 2.57 bits per heavy atom. The minimum absolute atomic E-state index is 0.0321. The summed E-state index contributed by atoms with van der Waals surface area (Å²) < 4.78 is 5.95. The van der Waals surface area contributed by atoms with Gasteiger partial charge in [0.05, 0.1) is 18.8 Å². The van der Waals surface area contributed by atoms with Gasteiger partial charge < -0.3 is 19.9 Å². The lowest BCUT2D eigenvalue weighted by Crippen LogP contribution is -2.54. The van der Waals surface area contributed by atoms with Gasteiger partial charge >= 0.3 is 6.03 Å². The molecule has 2 N–H and O–H groups in total. The molecule has 8 nitrogen and oxygen atoms in total. The molecule has 0 aliphatic carbocycles. The molecule has 2 aliphatic heterocycles. The third-order valence-corrected chi connectivity index (χ3v) is 4.81. The summed E-state index contributed by atoms with van der Waals surface area (Å²) in [6, 6.07) is 6.73. The molecule has 2 heterocycles. The predicted molar refractivity (Wildman–Crippen MR) is 105 cm³/mol. The van der Waals surface area contributed by atoms with Crippen molar-refractivity contribution in [3.63, 3.8) is 0 Å². The maximum Gasteiger partial charge on any atom is 0.321 e. The average molecular weight is 388 g/mol. The average Bonchev–Trinajstić information content (AvgIpc) is 2.67. The molecule has 2 aliphatic rings. The van der Waals surface area contributed by atoms with Crippen molar-refractivity contribution < 1.29 is 19.1 Å². The van der Waals surface area contributed by atoms with Gasteiger partial charge in [0.25, 0.3) is 5.91 Å². The fraction of sp³-hybridized carbons (Fsp3) is 0.550. The standard InChI is InChI=1S/C20H28N4O4/c1-14(2)21-20(27)22-18(25)13-24-12-17(19(26)23-10-6-3-7-11-23)28-16-9-5-4-8-15(16)24/h4-5,8-9,14,17H,3,6-7,10-13H2,1-2H3,(H2,21,22,25,27). The van der Waals surface area contributed by atoms with E-state index in [1.54, 1.807) is 11.0 Å². The molecular formula is C20H28N4O4. The molecule has 0 bridgehead atoms. The number of nitrogens with one attached hydrogen (secondary N) is 2. The molecule has 3 rings (SSSR count). The molecule has 0 spiro atoms. The molecule has 8 heteroatoms. The first-order valence-corrected chi connectivity index (χ1v) is 9.84. The first-order valence-electron chi connectivity index (χ1n) is 9.84. The molecule has 1 saturated heterocycles. The number of imide groups is 1. The third kappa shape index (κ3) is 4.94. The minimum atomic E-state index is -0.662. The number of anilines is 1. The molecule has 0 aromatic heterocycles. The van der Waals surface area contributed by atoms with Crippen LogP contribution in [0.3, 0.4) is 0 Å². The van der Waals surface area contributed by atoms with Crippen LogP contribution in [0.15, 0.2) is 24.3 Å². The van der Waals surface area contributed by atoms with Crippen LogP contribution in [0, 0.1) is 0 Å². The van der Waals surface area contributed by atoms with Gasteiger partial charge in [-0.3, -0.25) is 14.9 Å². The van der Waals surface area contributed by atoms with Crippen molar-refractivity contribution in [1.82, 2.24) is 15.5 Å². The van der Waals surface area contributed by atoms with E-state index in [0.29, 0.717) is 5.75 Å². The largest absolute Gasteiger partial charge is 0.477 e. The van der Waals surface area contributed by atoms with Gasteiger partial charge in [-0.05, 0) is 45.2 Å². The van der Waals surface area contributed by atoms with Crippen LogP contribution >= 0.6 is 0 Å². The van der Waals surface area contributed by atoms with Crippen molar-refractivity contribution in [2.24, 2.45) is 0 Å². The Labute approximate surface area is 165 Å². The van der Waals surface area contributed by atoms with Crippen LogP contribution in [0.25, 0.3) is 0 Å². The number of para-hydroxylation sites is 2. The van der Waals surface area contributed by atoms with E-state index in [1.807, 2.05) is 36.9 Å². The molecule has 1 atom stereocenters. The van der Waals surface area contributed by atoms with Crippen molar-refractivity contribution >= 4 is 23.5 Å². The Bertz CT molecular complexity index is 731. The van der Waals surface area contributed by atoms with Gasteiger partial charge in [-0.1, -0.05) is 12.1 Å². The fourth-order valence-electron chi connectivity index (χ4n) is 3.54. The van der Waals surface area contributed by atoms with E-state index in [1.165, 1.54) is 0 Å². The molecule has 28 heavy (non-hydrogen) atoms. The Morgan fingerprint density at radius 1 is 1.14 bits per heavy atom. The lowest BCUT2D eigenvalue weighted by Gasteiger charge is -2.38. The van der Waals surface area contributed by atoms with Crippen LogP contribution in [0.5, 0.6) is 5.75 Å². The number of nitrogens with zero attached hydrogens (tertiary/aromatic N) is 2. The van der Waals surface area contributed by atoms with Gasteiger partial charge in [0, 0.05) is 19.1 Å². The maximum absolute atomic E-state index is 12.9. The van der Waals surface area contributed by atoms with Crippen LogP contribution in [0.4, 0.5) is 10.5 Å². The number of amides is 4. The molecule has 1 aromatic carbocycles. The zero-order valence-electron chi connectivity index (χ0n) is 16.4. The van der Waals surface area contributed by atoms with Crippen LogP contribution in [-0.2, 0) is 9.59 Å². The number of hydrogen-bond donors (Lipinski definition) is 2. The van der Waals surface area contributed by atoms with Gasteiger partial charge in [0.2, 0.25) is 5.91 Å². The van der Waals surface area contributed by atoms with E-state index < -0.39 is 18.0 Å². The van der Waals surface area contributed by atoms with Gasteiger partial charge in [-0.25, -0.2) is 4.79 Å². The first-order chi connectivity index (χ1) is 13.4. The highest BCUT2D eigenvalue weighted by Crippen LogP contribution is 2.33. The summed E-state index contributed by atoms with van der Waals surface area (Å²) in [5.74, 6) is 0.0970. The summed E-state index contributed by atoms with van der Waals surface area (Å²) in [7, 11) is 0. The maximum atomic E-state index is 12.9. The fourth-order valence-corrected chi connectivity index (χ4v) is 3.54.